The molecule has 1 aliphatic heterocycles. The fourth-order valence-corrected chi connectivity index (χ4v) is 3.15. The lowest BCUT2D eigenvalue weighted by Gasteiger charge is -2.37. The summed E-state index contributed by atoms with van der Waals surface area (Å²) in [4.78, 5) is 5.88. The zero-order chi connectivity index (χ0) is 14.3. The SMILES string of the molecule is FC(F)(F)c1nc(N2CCNCC2C2CC2)ccc1Br. The predicted octanol–water partition coefficient (Wildman–Crippen LogP) is 3.05. The number of hydrogen-bond donors (Lipinski definition) is 1. The van der Waals surface area contributed by atoms with Crippen LogP contribution < -0.4 is 10.2 Å². The number of aromatic nitrogens is 1. The highest BCUT2D eigenvalue weighted by molar-refractivity contribution is 9.10. The Hall–Kier alpha value is -0.820. The van der Waals surface area contributed by atoms with E-state index in [2.05, 4.69) is 26.2 Å². The molecule has 1 N–H and O–H groups in total. The molecule has 1 saturated heterocycles. The Bertz CT molecular complexity index is 502. The van der Waals surface area contributed by atoms with Gasteiger partial charge in [-0.15, -0.1) is 0 Å². The zero-order valence-corrected chi connectivity index (χ0v) is 12.3. The Morgan fingerprint density at radius 3 is 2.70 bits per heavy atom. The van der Waals surface area contributed by atoms with Crippen LogP contribution in [0.2, 0.25) is 0 Å². The quantitative estimate of drug-likeness (QED) is 0.889. The Kier molecular flexibility index (Phi) is 3.66. The highest BCUT2D eigenvalue weighted by Gasteiger charge is 2.39. The topological polar surface area (TPSA) is 28.2 Å². The van der Waals surface area contributed by atoms with Crippen LogP contribution >= 0.6 is 15.9 Å². The van der Waals surface area contributed by atoms with Gasteiger partial charge in [0.2, 0.25) is 0 Å². The number of rotatable bonds is 2. The van der Waals surface area contributed by atoms with Gasteiger partial charge in [-0.25, -0.2) is 4.98 Å². The van der Waals surface area contributed by atoms with E-state index in [1.165, 1.54) is 6.07 Å². The lowest BCUT2D eigenvalue weighted by Crippen LogP contribution is -2.52. The van der Waals surface area contributed by atoms with Crippen LogP contribution in [0, 0.1) is 5.92 Å². The van der Waals surface area contributed by atoms with Crippen LogP contribution in [0.3, 0.4) is 0 Å². The number of nitrogens with one attached hydrogen (secondary N) is 1. The van der Waals surface area contributed by atoms with E-state index >= 15 is 0 Å². The number of anilines is 1. The van der Waals surface area contributed by atoms with Crippen molar-refractivity contribution in [1.82, 2.24) is 10.3 Å². The van der Waals surface area contributed by atoms with E-state index in [1.54, 1.807) is 6.07 Å². The molecule has 20 heavy (non-hydrogen) atoms. The van der Waals surface area contributed by atoms with Crippen molar-refractivity contribution in [1.29, 1.82) is 0 Å². The maximum atomic E-state index is 12.9. The first-order chi connectivity index (χ1) is 9.47. The highest BCUT2D eigenvalue weighted by Crippen LogP contribution is 2.39. The molecule has 2 heterocycles. The molecule has 0 radical (unpaired) electrons. The summed E-state index contributed by atoms with van der Waals surface area (Å²) in [5, 5.41) is 3.31. The van der Waals surface area contributed by atoms with E-state index in [-0.39, 0.29) is 10.5 Å². The van der Waals surface area contributed by atoms with Gasteiger partial charge in [0.05, 0.1) is 0 Å². The number of halogens is 4. The molecule has 3 nitrogen and oxygen atoms in total. The third kappa shape index (κ3) is 2.79. The van der Waals surface area contributed by atoms with Crippen molar-refractivity contribution in [3.63, 3.8) is 0 Å². The molecule has 110 valence electrons. The van der Waals surface area contributed by atoms with Crippen molar-refractivity contribution in [2.24, 2.45) is 5.92 Å². The first-order valence-electron chi connectivity index (χ1n) is 6.68. The average Bonchev–Trinajstić information content (AvgIpc) is 3.22. The normalized spacial score (nSPS) is 24.0. The fraction of sp³-hybridized carbons (Fsp3) is 0.615. The molecule has 2 aliphatic rings. The molecule has 0 aromatic carbocycles. The van der Waals surface area contributed by atoms with E-state index in [0.29, 0.717) is 18.3 Å². The standard InChI is InChI=1S/C13H15BrF3N3/c14-9-3-4-11(19-12(9)13(15,16)17)20-6-5-18-7-10(20)8-1-2-8/h3-4,8,10,18H,1-2,5-7H2. The summed E-state index contributed by atoms with van der Waals surface area (Å²) >= 11 is 2.93. The highest BCUT2D eigenvalue weighted by atomic mass is 79.9. The van der Waals surface area contributed by atoms with Gasteiger partial charge >= 0.3 is 6.18 Å². The van der Waals surface area contributed by atoms with Crippen molar-refractivity contribution >= 4 is 21.7 Å². The number of nitrogens with zero attached hydrogens (tertiary/aromatic N) is 2. The van der Waals surface area contributed by atoms with Crippen LogP contribution in [0.25, 0.3) is 0 Å². The predicted molar refractivity (Wildman–Crippen MR) is 73.7 cm³/mol. The van der Waals surface area contributed by atoms with Crippen molar-refractivity contribution in [2.45, 2.75) is 25.1 Å². The molecular weight excluding hydrogens is 335 g/mol. The minimum atomic E-state index is -4.43. The Balaban J connectivity index is 1.92. The summed E-state index contributed by atoms with van der Waals surface area (Å²) < 4.78 is 38.8. The molecule has 1 aliphatic carbocycles. The smallest absolute Gasteiger partial charge is 0.351 e. The Morgan fingerprint density at radius 2 is 2.05 bits per heavy atom. The molecule has 3 rings (SSSR count). The molecule has 0 bridgehead atoms. The molecule has 1 atom stereocenters. The minimum Gasteiger partial charge on any atom is -0.351 e. The third-order valence-electron chi connectivity index (χ3n) is 3.84. The molecule has 1 saturated carbocycles. The molecule has 0 spiro atoms. The third-order valence-corrected chi connectivity index (χ3v) is 4.48. The van der Waals surface area contributed by atoms with E-state index in [1.807, 2.05) is 4.90 Å². The van der Waals surface area contributed by atoms with Crippen LogP contribution in [0.1, 0.15) is 18.5 Å². The van der Waals surface area contributed by atoms with Gasteiger partial charge in [-0.1, -0.05) is 0 Å². The monoisotopic (exact) mass is 349 g/mol. The largest absolute Gasteiger partial charge is 0.434 e. The molecule has 1 unspecified atom stereocenters. The van der Waals surface area contributed by atoms with Gasteiger partial charge in [0, 0.05) is 30.1 Å². The zero-order valence-electron chi connectivity index (χ0n) is 10.8. The van der Waals surface area contributed by atoms with Crippen molar-refractivity contribution in [3.8, 4) is 0 Å². The molecule has 2 fully saturated rings. The van der Waals surface area contributed by atoms with Crippen LogP contribution in [0.5, 0.6) is 0 Å². The van der Waals surface area contributed by atoms with E-state index < -0.39 is 11.9 Å². The second kappa shape index (κ2) is 5.18. The van der Waals surface area contributed by atoms with Crippen LogP contribution in [0.4, 0.5) is 19.0 Å². The number of alkyl halides is 3. The first kappa shape index (κ1) is 14.1. The molecule has 1 aromatic rings. The summed E-state index contributed by atoms with van der Waals surface area (Å²) in [7, 11) is 0. The van der Waals surface area contributed by atoms with Crippen molar-refractivity contribution < 1.29 is 13.2 Å². The fourth-order valence-electron chi connectivity index (χ4n) is 2.70. The Labute approximate surface area is 123 Å². The summed E-state index contributed by atoms with van der Waals surface area (Å²) in [5.74, 6) is 1.02. The summed E-state index contributed by atoms with van der Waals surface area (Å²) in [6.45, 7) is 2.30. The van der Waals surface area contributed by atoms with Crippen molar-refractivity contribution in [3.05, 3.63) is 22.3 Å². The maximum absolute atomic E-state index is 12.9. The summed E-state index contributed by atoms with van der Waals surface area (Å²) in [6, 6.07) is 3.37. The summed E-state index contributed by atoms with van der Waals surface area (Å²) in [6.07, 6.45) is -2.12. The van der Waals surface area contributed by atoms with Gasteiger partial charge in [-0.2, -0.15) is 13.2 Å². The second-order valence-corrected chi connectivity index (χ2v) is 6.15. The molecule has 0 amide bonds. The minimum absolute atomic E-state index is 0.00754. The van der Waals surface area contributed by atoms with Gasteiger partial charge in [0.15, 0.2) is 5.69 Å². The van der Waals surface area contributed by atoms with Gasteiger partial charge < -0.3 is 10.2 Å². The summed E-state index contributed by atoms with van der Waals surface area (Å²) in [5.41, 5.74) is -0.844. The molecule has 1 aromatic heterocycles. The maximum Gasteiger partial charge on any atom is 0.434 e. The van der Waals surface area contributed by atoms with Gasteiger partial charge in [-0.05, 0) is 46.8 Å². The van der Waals surface area contributed by atoms with E-state index in [9.17, 15) is 13.2 Å². The average molecular weight is 350 g/mol. The van der Waals surface area contributed by atoms with E-state index in [4.69, 9.17) is 0 Å². The number of pyridine rings is 1. The van der Waals surface area contributed by atoms with Gasteiger partial charge in [-0.3, -0.25) is 0 Å². The van der Waals surface area contributed by atoms with Crippen LogP contribution in [-0.2, 0) is 6.18 Å². The molecule has 7 heteroatoms. The van der Waals surface area contributed by atoms with Crippen LogP contribution in [0.15, 0.2) is 16.6 Å². The van der Waals surface area contributed by atoms with Gasteiger partial charge in [0.1, 0.15) is 5.82 Å². The number of piperazine rings is 1. The molecular formula is C13H15BrF3N3. The number of hydrogen-bond acceptors (Lipinski definition) is 3. The van der Waals surface area contributed by atoms with Crippen molar-refractivity contribution in [2.75, 3.05) is 24.5 Å². The first-order valence-corrected chi connectivity index (χ1v) is 7.47. The van der Waals surface area contributed by atoms with Gasteiger partial charge in [0.25, 0.3) is 0 Å². The van der Waals surface area contributed by atoms with Crippen LogP contribution in [-0.4, -0.2) is 30.7 Å². The Morgan fingerprint density at radius 1 is 1.30 bits per heavy atom. The second-order valence-electron chi connectivity index (χ2n) is 5.30. The lowest BCUT2D eigenvalue weighted by atomic mass is 10.1. The lowest BCUT2D eigenvalue weighted by molar-refractivity contribution is -0.141. The van der Waals surface area contributed by atoms with E-state index in [0.717, 1.165) is 25.9 Å².